The molecule has 5 nitrogen and oxygen atoms in total. The average Bonchev–Trinajstić information content (AvgIpc) is 2.83. The van der Waals surface area contributed by atoms with E-state index >= 15 is 0 Å². The zero-order valence-corrected chi connectivity index (χ0v) is 23.2. The summed E-state index contributed by atoms with van der Waals surface area (Å²) in [6, 6.07) is 19.3. The van der Waals surface area contributed by atoms with Crippen molar-refractivity contribution in [1.29, 1.82) is 0 Å². The molecule has 2 unspecified atom stereocenters. The van der Waals surface area contributed by atoms with Gasteiger partial charge in [-0.1, -0.05) is 73.1 Å². The summed E-state index contributed by atoms with van der Waals surface area (Å²) >= 11 is 13.8. The molecule has 190 valence electrons. The molecule has 0 saturated carbocycles. The molecule has 0 aliphatic carbocycles. The van der Waals surface area contributed by atoms with E-state index in [0.29, 0.717) is 28.0 Å². The largest absolute Gasteiger partial charge is 0.348 e. The van der Waals surface area contributed by atoms with Crippen LogP contribution in [0.1, 0.15) is 36.2 Å². The van der Waals surface area contributed by atoms with Crippen LogP contribution in [0, 0.1) is 11.8 Å². The van der Waals surface area contributed by atoms with Crippen molar-refractivity contribution in [2.75, 3.05) is 13.1 Å². The number of carbonyl (C=O) groups is 1. The highest BCUT2D eigenvalue weighted by atomic mass is 35.5. The molecule has 0 aromatic heterocycles. The standard InChI is InChI=1S/C27H28Cl2N2O3S2/c1-18-12-19(2)17-31(16-18)36(33,34)23-10-11-26(35-22-8-5-7-21(28)13-22)24(14-23)27(32)30-15-20-6-3-4-9-25(20)29/h3-11,13-14,18-19H,12,15-17H2,1-2H3,(H,30,32). The van der Waals surface area contributed by atoms with E-state index in [4.69, 9.17) is 23.2 Å². The normalized spacial score (nSPS) is 18.7. The molecule has 1 N–H and O–H groups in total. The van der Waals surface area contributed by atoms with Gasteiger partial charge in [-0.25, -0.2) is 8.42 Å². The Morgan fingerprint density at radius 1 is 1.00 bits per heavy atom. The Hall–Kier alpha value is -2.03. The summed E-state index contributed by atoms with van der Waals surface area (Å²) in [5.74, 6) is 0.177. The molecule has 4 rings (SSSR count). The summed E-state index contributed by atoms with van der Waals surface area (Å²) in [6.07, 6.45) is 0.997. The topological polar surface area (TPSA) is 66.5 Å². The van der Waals surface area contributed by atoms with Crippen LogP contribution in [0.15, 0.2) is 81.4 Å². The molecule has 3 aromatic carbocycles. The number of benzene rings is 3. The highest BCUT2D eigenvalue weighted by Gasteiger charge is 2.32. The van der Waals surface area contributed by atoms with Gasteiger partial charge in [0.25, 0.3) is 5.91 Å². The molecule has 9 heteroatoms. The number of piperidine rings is 1. The lowest BCUT2D eigenvalue weighted by molar-refractivity contribution is 0.0947. The van der Waals surface area contributed by atoms with E-state index in [-0.39, 0.29) is 34.7 Å². The summed E-state index contributed by atoms with van der Waals surface area (Å²) in [4.78, 5) is 15.0. The van der Waals surface area contributed by atoms with Crippen molar-refractivity contribution in [1.82, 2.24) is 9.62 Å². The third-order valence-electron chi connectivity index (χ3n) is 6.09. The first-order chi connectivity index (χ1) is 17.1. The van der Waals surface area contributed by atoms with Crippen molar-refractivity contribution in [3.8, 4) is 0 Å². The van der Waals surface area contributed by atoms with E-state index in [2.05, 4.69) is 19.2 Å². The molecule has 1 amide bonds. The highest BCUT2D eigenvalue weighted by Crippen LogP contribution is 2.34. The van der Waals surface area contributed by atoms with Gasteiger partial charge in [0, 0.05) is 39.5 Å². The Kier molecular flexibility index (Phi) is 8.68. The van der Waals surface area contributed by atoms with Crippen LogP contribution in [-0.2, 0) is 16.6 Å². The van der Waals surface area contributed by atoms with Crippen LogP contribution < -0.4 is 5.32 Å². The maximum Gasteiger partial charge on any atom is 0.252 e. The van der Waals surface area contributed by atoms with Gasteiger partial charge in [-0.05, 0) is 66.3 Å². The Bertz CT molecular complexity index is 1350. The number of amides is 1. The molecule has 3 aromatic rings. The lowest BCUT2D eigenvalue weighted by Gasteiger charge is -2.34. The number of nitrogens with one attached hydrogen (secondary N) is 1. The van der Waals surface area contributed by atoms with E-state index in [1.807, 2.05) is 30.3 Å². The van der Waals surface area contributed by atoms with Gasteiger partial charge < -0.3 is 5.32 Å². The van der Waals surface area contributed by atoms with Crippen LogP contribution >= 0.6 is 35.0 Å². The van der Waals surface area contributed by atoms with Crippen LogP contribution in [0.3, 0.4) is 0 Å². The van der Waals surface area contributed by atoms with Crippen molar-refractivity contribution in [3.05, 3.63) is 87.9 Å². The number of sulfonamides is 1. The van der Waals surface area contributed by atoms with Gasteiger partial charge in [0.1, 0.15) is 0 Å². The Labute approximate surface area is 227 Å². The second-order valence-electron chi connectivity index (χ2n) is 9.26. The molecule has 1 saturated heterocycles. The molecule has 0 bridgehead atoms. The highest BCUT2D eigenvalue weighted by molar-refractivity contribution is 7.99. The molecular weight excluding hydrogens is 535 g/mol. The van der Waals surface area contributed by atoms with Gasteiger partial charge in [0.05, 0.1) is 10.5 Å². The predicted molar refractivity (Wildman–Crippen MR) is 146 cm³/mol. The number of hydrogen-bond donors (Lipinski definition) is 1. The smallest absolute Gasteiger partial charge is 0.252 e. The molecule has 1 aliphatic heterocycles. The number of hydrogen-bond acceptors (Lipinski definition) is 4. The molecule has 0 spiro atoms. The van der Waals surface area contributed by atoms with E-state index in [9.17, 15) is 13.2 Å². The average molecular weight is 564 g/mol. The van der Waals surface area contributed by atoms with Gasteiger partial charge in [0.2, 0.25) is 10.0 Å². The summed E-state index contributed by atoms with van der Waals surface area (Å²) in [5, 5.41) is 4.03. The summed E-state index contributed by atoms with van der Waals surface area (Å²) < 4.78 is 28.6. The monoisotopic (exact) mass is 562 g/mol. The Morgan fingerprint density at radius 2 is 1.72 bits per heavy atom. The van der Waals surface area contributed by atoms with Crippen molar-refractivity contribution in [2.24, 2.45) is 11.8 Å². The number of halogens is 2. The van der Waals surface area contributed by atoms with Crippen molar-refractivity contribution >= 4 is 50.9 Å². The molecule has 1 heterocycles. The molecule has 36 heavy (non-hydrogen) atoms. The van der Waals surface area contributed by atoms with E-state index in [1.54, 1.807) is 30.3 Å². The SMILES string of the molecule is CC1CC(C)CN(S(=O)(=O)c2ccc(Sc3cccc(Cl)c3)c(C(=O)NCc3ccccc3Cl)c2)C1. The van der Waals surface area contributed by atoms with Crippen LogP contribution in [0.4, 0.5) is 0 Å². The van der Waals surface area contributed by atoms with Crippen LogP contribution in [0.5, 0.6) is 0 Å². The molecule has 1 aliphatic rings. The van der Waals surface area contributed by atoms with Crippen LogP contribution in [-0.4, -0.2) is 31.7 Å². The molecule has 1 fully saturated rings. The third-order valence-corrected chi connectivity index (χ3v) is 9.59. The van der Waals surface area contributed by atoms with Crippen LogP contribution in [0.2, 0.25) is 10.0 Å². The Balaban J connectivity index is 1.67. The molecule has 2 atom stereocenters. The zero-order chi connectivity index (χ0) is 25.9. The fraction of sp³-hybridized carbons (Fsp3) is 0.296. The first-order valence-corrected chi connectivity index (χ1v) is 14.7. The predicted octanol–water partition coefficient (Wildman–Crippen LogP) is 6.74. The zero-order valence-electron chi connectivity index (χ0n) is 20.1. The Morgan fingerprint density at radius 3 is 2.42 bits per heavy atom. The summed E-state index contributed by atoms with van der Waals surface area (Å²) in [5.41, 5.74) is 1.06. The lowest BCUT2D eigenvalue weighted by atomic mass is 9.94. The van der Waals surface area contributed by atoms with Gasteiger partial charge in [-0.3, -0.25) is 4.79 Å². The van der Waals surface area contributed by atoms with Crippen molar-refractivity contribution in [3.63, 3.8) is 0 Å². The minimum Gasteiger partial charge on any atom is -0.348 e. The second kappa shape index (κ2) is 11.6. The second-order valence-corrected chi connectivity index (χ2v) is 13.2. The summed E-state index contributed by atoms with van der Waals surface area (Å²) in [7, 11) is -3.75. The van der Waals surface area contributed by atoms with Gasteiger partial charge in [-0.15, -0.1) is 0 Å². The number of rotatable bonds is 7. The number of carbonyl (C=O) groups excluding carboxylic acids is 1. The maximum absolute atomic E-state index is 13.5. The first kappa shape index (κ1) is 27.0. The van der Waals surface area contributed by atoms with Gasteiger partial charge in [0.15, 0.2) is 0 Å². The van der Waals surface area contributed by atoms with Gasteiger partial charge >= 0.3 is 0 Å². The van der Waals surface area contributed by atoms with E-state index in [1.165, 1.54) is 22.1 Å². The first-order valence-electron chi connectivity index (χ1n) is 11.7. The maximum atomic E-state index is 13.5. The minimum absolute atomic E-state index is 0.113. The quantitative estimate of drug-likeness (QED) is 0.346. The minimum atomic E-state index is -3.75. The van der Waals surface area contributed by atoms with E-state index in [0.717, 1.165) is 16.9 Å². The summed E-state index contributed by atoms with van der Waals surface area (Å²) in [6.45, 7) is 5.30. The molecule has 0 radical (unpaired) electrons. The lowest BCUT2D eigenvalue weighted by Crippen LogP contribution is -2.42. The van der Waals surface area contributed by atoms with Crippen LogP contribution in [0.25, 0.3) is 0 Å². The van der Waals surface area contributed by atoms with E-state index < -0.39 is 10.0 Å². The van der Waals surface area contributed by atoms with Gasteiger partial charge in [-0.2, -0.15) is 4.31 Å². The fourth-order valence-corrected chi connectivity index (χ4v) is 7.61. The van der Waals surface area contributed by atoms with Crippen molar-refractivity contribution < 1.29 is 13.2 Å². The van der Waals surface area contributed by atoms with Crippen molar-refractivity contribution in [2.45, 2.75) is 41.5 Å². The number of nitrogens with zero attached hydrogens (tertiary/aromatic N) is 1. The fourth-order valence-electron chi connectivity index (χ4n) is 4.46. The third kappa shape index (κ3) is 6.45. The molecular formula is C27H28Cl2N2O3S2.